The number of carbonyl (C=O) groups excluding carboxylic acids is 1. The molecule has 3 aliphatic rings. The van der Waals surface area contributed by atoms with Crippen LogP contribution in [0.3, 0.4) is 0 Å². The molecule has 1 amide bonds. The smallest absolute Gasteiger partial charge is 0.241 e. The largest absolute Gasteiger partial charge is 0.371 e. The third kappa shape index (κ3) is 3.09. The Morgan fingerprint density at radius 3 is 3.00 bits per heavy atom. The van der Waals surface area contributed by atoms with Crippen LogP contribution < -0.4 is 16.2 Å². The summed E-state index contributed by atoms with van der Waals surface area (Å²) in [4.78, 5) is 23.0. The molecule has 24 heavy (non-hydrogen) atoms. The zero-order chi connectivity index (χ0) is 16.6. The van der Waals surface area contributed by atoms with E-state index < -0.39 is 0 Å². The fourth-order valence-corrected chi connectivity index (χ4v) is 3.91. The highest BCUT2D eigenvalue weighted by molar-refractivity contribution is 5.82. The van der Waals surface area contributed by atoms with E-state index in [0.29, 0.717) is 25.1 Å². The Kier molecular flexibility index (Phi) is 4.11. The van der Waals surface area contributed by atoms with Gasteiger partial charge in [0.2, 0.25) is 11.9 Å². The van der Waals surface area contributed by atoms with E-state index in [4.69, 9.17) is 4.74 Å². The van der Waals surface area contributed by atoms with E-state index in [2.05, 4.69) is 33.1 Å². The summed E-state index contributed by atoms with van der Waals surface area (Å²) in [6.45, 7) is 4.14. The second-order valence-corrected chi connectivity index (χ2v) is 7.10. The molecule has 4 atom stereocenters. The van der Waals surface area contributed by atoms with E-state index in [-0.39, 0.29) is 23.6 Å². The molecule has 0 bridgehead atoms. The molecule has 8 nitrogen and oxygen atoms in total. The standard InChI is InChI=1S/C16H24N6O2/c1-11-7-13(21-20-11)14(23)22-6-3-16(10-22)8-12(9-24-16)19-15-17-4-2-5-18-15/h2,4-5,11-13,20-21H,3,6-10H2,1H3,(H,17,18,19). The van der Waals surface area contributed by atoms with Gasteiger partial charge in [-0.15, -0.1) is 0 Å². The molecule has 3 fully saturated rings. The van der Waals surface area contributed by atoms with Crippen molar-refractivity contribution in [2.45, 2.75) is 49.9 Å². The van der Waals surface area contributed by atoms with Crippen LogP contribution in [0.1, 0.15) is 26.2 Å². The van der Waals surface area contributed by atoms with Crippen molar-refractivity contribution in [2.75, 3.05) is 25.0 Å². The van der Waals surface area contributed by atoms with Gasteiger partial charge in [0, 0.05) is 37.9 Å². The maximum Gasteiger partial charge on any atom is 0.241 e. The first-order valence-electron chi connectivity index (χ1n) is 8.61. The van der Waals surface area contributed by atoms with Crippen molar-refractivity contribution in [1.82, 2.24) is 25.7 Å². The predicted octanol–water partition coefficient (Wildman–Crippen LogP) is -0.0965. The molecule has 4 heterocycles. The molecule has 1 aromatic heterocycles. The Labute approximate surface area is 141 Å². The van der Waals surface area contributed by atoms with Crippen LogP contribution >= 0.6 is 0 Å². The number of anilines is 1. The minimum Gasteiger partial charge on any atom is -0.371 e. The molecule has 3 saturated heterocycles. The van der Waals surface area contributed by atoms with Gasteiger partial charge in [-0.3, -0.25) is 10.2 Å². The van der Waals surface area contributed by atoms with Crippen molar-refractivity contribution < 1.29 is 9.53 Å². The second kappa shape index (κ2) is 6.27. The van der Waals surface area contributed by atoms with Crippen LogP contribution in [0.15, 0.2) is 18.5 Å². The van der Waals surface area contributed by atoms with Gasteiger partial charge in [0.15, 0.2) is 0 Å². The van der Waals surface area contributed by atoms with Gasteiger partial charge in [-0.05, 0) is 25.8 Å². The summed E-state index contributed by atoms with van der Waals surface area (Å²) in [6.07, 6.45) is 6.05. The summed E-state index contributed by atoms with van der Waals surface area (Å²) >= 11 is 0. The van der Waals surface area contributed by atoms with Gasteiger partial charge in [-0.2, -0.15) is 0 Å². The van der Waals surface area contributed by atoms with E-state index in [0.717, 1.165) is 25.8 Å². The van der Waals surface area contributed by atoms with Gasteiger partial charge in [0.05, 0.1) is 18.2 Å². The summed E-state index contributed by atoms with van der Waals surface area (Å²) in [5.74, 6) is 0.805. The van der Waals surface area contributed by atoms with Gasteiger partial charge in [0.1, 0.15) is 6.04 Å². The van der Waals surface area contributed by atoms with Crippen LogP contribution in [0.5, 0.6) is 0 Å². The van der Waals surface area contributed by atoms with Gasteiger partial charge < -0.3 is 15.0 Å². The number of amides is 1. The highest BCUT2D eigenvalue weighted by Crippen LogP contribution is 2.36. The average molecular weight is 332 g/mol. The number of carbonyl (C=O) groups is 1. The highest BCUT2D eigenvalue weighted by atomic mass is 16.5. The quantitative estimate of drug-likeness (QED) is 0.712. The van der Waals surface area contributed by atoms with Crippen molar-refractivity contribution >= 4 is 11.9 Å². The van der Waals surface area contributed by atoms with E-state index in [1.165, 1.54) is 0 Å². The van der Waals surface area contributed by atoms with Crippen LogP contribution in [-0.2, 0) is 9.53 Å². The predicted molar refractivity (Wildman–Crippen MR) is 88.1 cm³/mol. The molecule has 8 heteroatoms. The summed E-state index contributed by atoms with van der Waals surface area (Å²) in [5, 5.41) is 3.32. The van der Waals surface area contributed by atoms with Crippen LogP contribution in [-0.4, -0.2) is 64.2 Å². The molecule has 3 aliphatic heterocycles. The number of rotatable bonds is 3. The van der Waals surface area contributed by atoms with Crippen LogP contribution in [0.2, 0.25) is 0 Å². The van der Waals surface area contributed by atoms with E-state index in [9.17, 15) is 4.79 Å². The molecule has 3 N–H and O–H groups in total. The normalized spacial score (nSPS) is 35.7. The fraction of sp³-hybridized carbons (Fsp3) is 0.688. The van der Waals surface area contributed by atoms with Crippen molar-refractivity contribution in [3.05, 3.63) is 18.5 Å². The first kappa shape index (κ1) is 15.7. The molecule has 0 aliphatic carbocycles. The molecule has 0 aromatic carbocycles. The number of nitrogens with zero attached hydrogens (tertiary/aromatic N) is 3. The molecule has 1 aromatic rings. The van der Waals surface area contributed by atoms with Gasteiger partial charge in [-0.25, -0.2) is 15.4 Å². The lowest BCUT2D eigenvalue weighted by Gasteiger charge is -2.25. The Balaban J connectivity index is 1.34. The van der Waals surface area contributed by atoms with Crippen LogP contribution in [0.25, 0.3) is 0 Å². The van der Waals surface area contributed by atoms with Crippen LogP contribution in [0.4, 0.5) is 5.95 Å². The molecule has 130 valence electrons. The molecule has 1 spiro atoms. The summed E-state index contributed by atoms with van der Waals surface area (Å²) < 4.78 is 6.10. The van der Waals surface area contributed by atoms with Crippen LogP contribution in [0, 0.1) is 0 Å². The minimum absolute atomic E-state index is 0.122. The average Bonchev–Trinajstić information content (AvgIpc) is 3.30. The fourth-order valence-electron chi connectivity index (χ4n) is 3.91. The number of aromatic nitrogens is 2. The Morgan fingerprint density at radius 2 is 2.25 bits per heavy atom. The Bertz CT molecular complexity index is 599. The van der Waals surface area contributed by atoms with Gasteiger partial charge in [-0.1, -0.05) is 0 Å². The molecule has 0 saturated carbocycles. The number of hydrazine groups is 1. The maximum atomic E-state index is 12.6. The Morgan fingerprint density at radius 1 is 1.42 bits per heavy atom. The third-order valence-electron chi connectivity index (χ3n) is 5.13. The lowest BCUT2D eigenvalue weighted by Crippen LogP contribution is -2.46. The van der Waals surface area contributed by atoms with Crippen molar-refractivity contribution in [3.8, 4) is 0 Å². The number of nitrogens with one attached hydrogen (secondary N) is 3. The summed E-state index contributed by atoms with van der Waals surface area (Å²) in [6, 6.07) is 2.19. The lowest BCUT2D eigenvalue weighted by atomic mass is 9.97. The topological polar surface area (TPSA) is 91.4 Å². The van der Waals surface area contributed by atoms with E-state index in [1.54, 1.807) is 18.5 Å². The number of ether oxygens (including phenoxy) is 1. The Hall–Kier alpha value is -1.77. The number of hydrogen-bond donors (Lipinski definition) is 3. The SMILES string of the molecule is CC1CC(C(=O)N2CCC3(CC(Nc4ncccn4)CO3)C2)NN1. The molecule has 4 rings (SSSR count). The molecule has 4 unspecified atom stereocenters. The summed E-state index contributed by atoms with van der Waals surface area (Å²) in [7, 11) is 0. The first-order chi connectivity index (χ1) is 11.6. The lowest BCUT2D eigenvalue weighted by molar-refractivity contribution is -0.133. The van der Waals surface area contributed by atoms with Crippen molar-refractivity contribution in [1.29, 1.82) is 0 Å². The zero-order valence-electron chi connectivity index (χ0n) is 13.9. The molecular formula is C16H24N6O2. The van der Waals surface area contributed by atoms with E-state index in [1.807, 2.05) is 4.90 Å². The van der Waals surface area contributed by atoms with E-state index >= 15 is 0 Å². The minimum atomic E-state index is -0.222. The van der Waals surface area contributed by atoms with Crippen molar-refractivity contribution in [2.24, 2.45) is 0 Å². The molecular weight excluding hydrogens is 308 g/mol. The zero-order valence-corrected chi connectivity index (χ0v) is 13.9. The third-order valence-corrected chi connectivity index (χ3v) is 5.13. The maximum absolute atomic E-state index is 12.6. The highest BCUT2D eigenvalue weighted by Gasteiger charge is 2.48. The first-order valence-corrected chi connectivity index (χ1v) is 8.61. The number of likely N-dealkylation sites (tertiary alicyclic amines) is 1. The number of hydrogen-bond acceptors (Lipinski definition) is 7. The monoisotopic (exact) mass is 332 g/mol. The van der Waals surface area contributed by atoms with Crippen molar-refractivity contribution in [3.63, 3.8) is 0 Å². The second-order valence-electron chi connectivity index (χ2n) is 7.10. The molecule has 0 radical (unpaired) electrons. The van der Waals surface area contributed by atoms with Gasteiger partial charge in [0.25, 0.3) is 0 Å². The van der Waals surface area contributed by atoms with Gasteiger partial charge >= 0.3 is 0 Å². The summed E-state index contributed by atoms with van der Waals surface area (Å²) in [5.41, 5.74) is 5.99.